The maximum absolute atomic E-state index is 8.17. The number of azide groups is 1. The number of halogens is 1. The van der Waals surface area contributed by atoms with E-state index in [0.717, 1.165) is 46.5 Å². The summed E-state index contributed by atoms with van der Waals surface area (Å²) < 4.78 is 52.7. The number of hydrogen-bond donors (Lipinski definition) is 0. The molecule has 0 N–H and O–H groups in total. The van der Waals surface area contributed by atoms with Gasteiger partial charge in [-0.1, -0.05) is 5.11 Å². The summed E-state index contributed by atoms with van der Waals surface area (Å²) in [6.45, 7) is 6.40. The van der Waals surface area contributed by atoms with Crippen LogP contribution in [0.25, 0.3) is 32.5 Å². The monoisotopic (exact) mass is 690 g/mol. The molecule has 5 rings (SSSR count). The number of nitrogens with zero attached hydrogens (tertiary/aromatic N) is 4. The fraction of sp³-hybridized carbons (Fsp3) is 0.516. The molecule has 3 heterocycles. The molecule has 244 valence electrons. The first kappa shape index (κ1) is 34.5. The third-order valence-electron chi connectivity index (χ3n) is 7.16. The number of fused-ring (bicyclic) bond motifs is 5. The molecule has 0 spiro atoms. The van der Waals surface area contributed by atoms with Crippen LogP contribution >= 0.6 is 0 Å². The van der Waals surface area contributed by atoms with Crippen LogP contribution < -0.4 is 40.5 Å². The van der Waals surface area contributed by atoms with Gasteiger partial charge in [0.2, 0.25) is 12.5 Å². The summed E-state index contributed by atoms with van der Waals surface area (Å²) in [4.78, 5) is 2.66. The number of rotatable bonds is 20. The fourth-order valence-corrected chi connectivity index (χ4v) is 5.04. The Morgan fingerprint density at radius 3 is 2.09 bits per heavy atom. The number of aryl methyl sites for hydroxylation is 2. The van der Waals surface area contributed by atoms with Crippen LogP contribution in [0.1, 0.15) is 5.56 Å². The van der Waals surface area contributed by atoms with Gasteiger partial charge < -0.3 is 59.6 Å². The Morgan fingerprint density at radius 2 is 1.44 bits per heavy atom. The van der Waals surface area contributed by atoms with Crippen molar-refractivity contribution >= 4 is 10.8 Å². The van der Waals surface area contributed by atoms with Gasteiger partial charge in [0.05, 0.1) is 84.1 Å². The van der Waals surface area contributed by atoms with Crippen LogP contribution in [0.15, 0.2) is 41.6 Å². The van der Waals surface area contributed by atoms with E-state index >= 15 is 0 Å². The van der Waals surface area contributed by atoms with Gasteiger partial charge in [-0.25, -0.2) is 0 Å². The summed E-state index contributed by atoms with van der Waals surface area (Å²) in [5.41, 5.74) is 11.7. The average molecular weight is 692 g/mol. The lowest BCUT2D eigenvalue weighted by molar-refractivity contribution is -0.686. The molecule has 0 saturated carbocycles. The molecule has 2 aromatic carbocycles. The van der Waals surface area contributed by atoms with Crippen LogP contribution in [-0.2, 0) is 36.6 Å². The van der Waals surface area contributed by atoms with Crippen LogP contribution in [0.5, 0.6) is 23.0 Å². The molecule has 0 unspecified atom stereocenters. The predicted octanol–water partition coefficient (Wildman–Crippen LogP) is 0.864. The number of pyridine rings is 1. The van der Waals surface area contributed by atoms with Crippen molar-refractivity contribution in [3.05, 3.63) is 52.5 Å². The highest BCUT2D eigenvalue weighted by Gasteiger charge is 2.28. The van der Waals surface area contributed by atoms with Crippen molar-refractivity contribution in [2.24, 2.45) is 5.11 Å². The second kappa shape index (κ2) is 18.6. The molecular weight excluding hydrogens is 652 g/mol. The Bertz CT molecular complexity index is 1440. The van der Waals surface area contributed by atoms with E-state index in [1.54, 1.807) is 7.11 Å². The smallest absolute Gasteiger partial charge is 0.231 e. The first-order chi connectivity index (χ1) is 21.8. The highest BCUT2D eigenvalue weighted by molar-refractivity contribution is 5.91. The van der Waals surface area contributed by atoms with Gasteiger partial charge in [-0.2, -0.15) is 4.57 Å². The third-order valence-corrected chi connectivity index (χ3v) is 7.16. The van der Waals surface area contributed by atoms with Crippen molar-refractivity contribution in [2.75, 3.05) is 93.1 Å². The first-order valence-electron chi connectivity index (χ1n) is 14.8. The normalized spacial score (nSPS) is 12.6. The predicted molar refractivity (Wildman–Crippen MR) is 160 cm³/mol. The van der Waals surface area contributed by atoms with E-state index in [1.807, 2.05) is 6.07 Å². The molecule has 0 atom stereocenters. The lowest BCUT2D eigenvalue weighted by atomic mass is 9.95. The third kappa shape index (κ3) is 9.57. The number of ether oxygens (including phenoxy) is 9. The van der Waals surface area contributed by atoms with E-state index in [-0.39, 0.29) is 23.8 Å². The van der Waals surface area contributed by atoms with Crippen LogP contribution in [-0.4, -0.2) is 93.1 Å². The van der Waals surface area contributed by atoms with Crippen molar-refractivity contribution < 1.29 is 64.2 Å². The molecule has 0 aliphatic carbocycles. The number of benzene rings is 2. The number of methoxy groups -OCH3 is 1. The SMILES string of the molecule is COc1ccc2cc3[n+](cc2c1OCCOCCOCCOCCOCCOCCN=[N+]=[N-])CCc1cc2c(cc1-3)OCO2.[Br-]. The second-order valence-electron chi connectivity index (χ2n) is 9.93. The second-order valence-corrected chi connectivity index (χ2v) is 9.93. The van der Waals surface area contributed by atoms with E-state index in [2.05, 4.69) is 45.1 Å². The standard InChI is InChI=1S/C31H39N4O9.BrH/c1-36-28-3-2-23-18-27-25-20-30-29(43-22-44-30)19-24(25)4-6-35(27)21-26(23)31(28)42-17-16-41-15-14-40-13-12-39-11-10-38-9-8-37-7-5-33-34-32;/h2-3,18-21H,4-17,22H2,1H3;1H/q+1;/p-1. The van der Waals surface area contributed by atoms with Crippen LogP contribution in [0.2, 0.25) is 0 Å². The van der Waals surface area contributed by atoms with Crippen LogP contribution in [0.4, 0.5) is 0 Å². The van der Waals surface area contributed by atoms with Crippen LogP contribution in [0, 0.1) is 0 Å². The summed E-state index contributed by atoms with van der Waals surface area (Å²) in [6, 6.07) is 10.4. The minimum absolute atomic E-state index is 0. The van der Waals surface area contributed by atoms with E-state index in [1.165, 1.54) is 5.56 Å². The quantitative estimate of drug-likeness (QED) is 0.0556. The molecule has 14 heteroatoms. The molecule has 1 aromatic heterocycles. The van der Waals surface area contributed by atoms with Crippen molar-refractivity contribution in [1.82, 2.24) is 0 Å². The van der Waals surface area contributed by atoms with E-state index in [9.17, 15) is 0 Å². The molecule has 0 amide bonds. The highest BCUT2D eigenvalue weighted by atomic mass is 79.9. The minimum Gasteiger partial charge on any atom is -1.00 e. The zero-order chi connectivity index (χ0) is 30.4. The van der Waals surface area contributed by atoms with Crippen molar-refractivity contribution in [2.45, 2.75) is 13.0 Å². The Kier molecular flexibility index (Phi) is 14.2. The Hall–Kier alpha value is -3.36. The summed E-state index contributed by atoms with van der Waals surface area (Å²) in [5, 5.41) is 5.44. The van der Waals surface area contributed by atoms with E-state index in [0.29, 0.717) is 90.7 Å². The molecule has 2 aliphatic heterocycles. The lowest BCUT2D eigenvalue weighted by Crippen LogP contribution is -3.00. The molecule has 0 radical (unpaired) electrons. The molecular formula is C31H39BrN4O9. The maximum atomic E-state index is 8.17. The van der Waals surface area contributed by atoms with Crippen molar-refractivity contribution in [1.29, 1.82) is 0 Å². The van der Waals surface area contributed by atoms with Gasteiger partial charge >= 0.3 is 0 Å². The number of hydrogen-bond acceptors (Lipinski definition) is 10. The summed E-state index contributed by atoms with van der Waals surface area (Å²) in [7, 11) is 1.65. The maximum Gasteiger partial charge on any atom is 0.231 e. The summed E-state index contributed by atoms with van der Waals surface area (Å²) in [6.07, 6.45) is 3.05. The molecule has 3 aromatic rings. The molecule has 13 nitrogen and oxygen atoms in total. The molecule has 0 bridgehead atoms. The lowest BCUT2D eigenvalue weighted by Gasteiger charge is -2.18. The zero-order valence-corrected chi connectivity index (χ0v) is 27.0. The summed E-state index contributed by atoms with van der Waals surface area (Å²) >= 11 is 0. The van der Waals surface area contributed by atoms with Gasteiger partial charge in [0.15, 0.2) is 35.7 Å². The van der Waals surface area contributed by atoms with Crippen LogP contribution in [0.3, 0.4) is 0 Å². The minimum atomic E-state index is 0. The van der Waals surface area contributed by atoms with E-state index in [4.69, 9.17) is 48.2 Å². The molecule has 0 saturated heterocycles. The van der Waals surface area contributed by atoms with Gasteiger partial charge in [0, 0.05) is 23.9 Å². The highest BCUT2D eigenvalue weighted by Crippen LogP contribution is 2.41. The van der Waals surface area contributed by atoms with Crippen molar-refractivity contribution in [3.8, 4) is 34.3 Å². The topological polar surface area (TPSA) is 136 Å². The van der Waals surface area contributed by atoms with Gasteiger partial charge in [0.1, 0.15) is 6.61 Å². The Morgan fingerprint density at radius 1 is 0.822 bits per heavy atom. The van der Waals surface area contributed by atoms with Crippen molar-refractivity contribution in [3.63, 3.8) is 0 Å². The van der Waals surface area contributed by atoms with Gasteiger partial charge in [0.25, 0.3) is 0 Å². The Balaban J connectivity index is 0.00000461. The van der Waals surface area contributed by atoms with Gasteiger partial charge in [-0.05, 0) is 40.7 Å². The largest absolute Gasteiger partial charge is 1.00 e. The summed E-state index contributed by atoms with van der Waals surface area (Å²) in [5.74, 6) is 2.99. The first-order valence-corrected chi connectivity index (χ1v) is 14.8. The molecule has 45 heavy (non-hydrogen) atoms. The molecule has 2 aliphatic rings. The fourth-order valence-electron chi connectivity index (χ4n) is 5.04. The van der Waals surface area contributed by atoms with E-state index < -0.39 is 0 Å². The number of aromatic nitrogens is 1. The molecule has 0 fully saturated rings. The van der Waals surface area contributed by atoms with Gasteiger partial charge in [-0.15, -0.1) is 0 Å². The zero-order valence-electron chi connectivity index (χ0n) is 25.4. The van der Waals surface area contributed by atoms with Gasteiger partial charge in [-0.3, -0.25) is 0 Å². The Labute approximate surface area is 272 Å². The average Bonchev–Trinajstić information content (AvgIpc) is 3.51.